The monoisotopic (exact) mass is 724 g/mol. The van der Waals surface area contributed by atoms with Crippen molar-refractivity contribution < 1.29 is 19.1 Å². The van der Waals surface area contributed by atoms with Crippen molar-refractivity contribution in [3.05, 3.63) is 54.6 Å². The molecule has 0 amide bonds. The van der Waals surface area contributed by atoms with Gasteiger partial charge in [-0.2, -0.15) is 0 Å². The molecule has 5 heteroatoms. The molecule has 1 aromatic rings. The number of hydrogen-bond acceptors (Lipinski definition) is 5. The quantitative estimate of drug-likeness (QED) is 0.0418. The fraction of sp³-hybridized carbons (Fsp3) is 0.745. The maximum absolute atomic E-state index is 12.7. The number of allylic oxidation sites excluding steroid dienone is 4. The van der Waals surface area contributed by atoms with Crippen molar-refractivity contribution in [3.63, 3.8) is 0 Å². The topological polar surface area (TPSA) is 64.6 Å². The van der Waals surface area contributed by atoms with E-state index < -0.39 is 6.10 Å². The lowest BCUT2D eigenvalue weighted by atomic mass is 10.1. The van der Waals surface area contributed by atoms with Gasteiger partial charge in [-0.3, -0.25) is 9.59 Å². The zero-order valence-electron chi connectivity index (χ0n) is 34.0. The maximum atomic E-state index is 12.7. The molecule has 0 radical (unpaired) electrons. The largest absolute Gasteiger partial charge is 0.462 e. The van der Waals surface area contributed by atoms with Gasteiger partial charge in [0.1, 0.15) is 6.61 Å². The highest BCUT2D eigenvalue weighted by molar-refractivity contribution is 5.70. The van der Waals surface area contributed by atoms with Gasteiger partial charge in [0.15, 0.2) is 6.10 Å². The molecule has 1 aromatic carbocycles. The van der Waals surface area contributed by atoms with Crippen molar-refractivity contribution in [2.24, 2.45) is 0 Å². The number of anilines is 1. The first-order valence-corrected chi connectivity index (χ1v) is 22.1. The smallest absolute Gasteiger partial charge is 0.306 e. The minimum atomic E-state index is -0.512. The number of carbonyl (C=O) groups excluding carboxylic acids is 2. The molecule has 1 atom stereocenters. The summed E-state index contributed by atoms with van der Waals surface area (Å²) in [6.45, 7) is 5.03. The second-order valence-corrected chi connectivity index (χ2v) is 14.9. The van der Waals surface area contributed by atoms with Crippen LogP contribution in [0.15, 0.2) is 54.6 Å². The number of benzene rings is 1. The molecule has 1 rings (SSSR count). The summed E-state index contributed by atoms with van der Waals surface area (Å²) in [6, 6.07) is 9.85. The predicted octanol–water partition coefficient (Wildman–Crippen LogP) is 14.4. The summed E-state index contributed by atoms with van der Waals surface area (Å²) in [4.78, 5) is 25.2. The van der Waals surface area contributed by atoms with Crippen molar-refractivity contribution in [1.29, 1.82) is 0 Å². The lowest BCUT2D eigenvalue weighted by Crippen LogP contribution is -2.31. The number of unbranched alkanes of at least 4 members (excludes halogenated alkanes) is 24. The molecular weight excluding hydrogens is 643 g/mol. The number of esters is 2. The van der Waals surface area contributed by atoms with Gasteiger partial charge in [0, 0.05) is 18.5 Å². The van der Waals surface area contributed by atoms with Gasteiger partial charge >= 0.3 is 11.9 Å². The van der Waals surface area contributed by atoms with E-state index in [-0.39, 0.29) is 18.5 Å². The molecule has 5 nitrogen and oxygen atoms in total. The first kappa shape index (κ1) is 47.5. The Hall–Kier alpha value is -2.56. The number of para-hydroxylation sites is 1. The molecule has 0 aliphatic heterocycles. The standard InChI is InChI=1S/C47H81NO4/c1-3-5-7-9-11-13-15-17-19-20-22-24-26-28-30-32-37-41-47(50)52-45(42-48-44-38-34-33-35-39-44)43-51-46(49)40-36-31-29-27-25-23-21-18-16-14-12-10-8-6-4-2/h18,21-22,24,33-35,38-39,45,48H,3-17,19-20,23,25-32,36-37,40-43H2,1-2H3/b21-18-,24-22+. The van der Waals surface area contributed by atoms with E-state index in [1.807, 2.05) is 30.3 Å². The van der Waals surface area contributed by atoms with Crippen LogP contribution in [0.25, 0.3) is 0 Å². The lowest BCUT2D eigenvalue weighted by Gasteiger charge is -2.19. The SMILES string of the molecule is CCCCCCCC/C=C\CCCCCCCC(=O)OCC(CNc1ccccc1)OC(=O)CCCCCC/C=C/CCCCCCCCCCC. The Morgan fingerprint density at radius 2 is 0.904 bits per heavy atom. The molecule has 0 aromatic heterocycles. The number of ether oxygens (including phenoxy) is 2. The average Bonchev–Trinajstić information content (AvgIpc) is 3.16. The Morgan fingerprint density at radius 3 is 1.35 bits per heavy atom. The van der Waals surface area contributed by atoms with Gasteiger partial charge < -0.3 is 14.8 Å². The second-order valence-electron chi connectivity index (χ2n) is 14.9. The third-order valence-corrected chi connectivity index (χ3v) is 9.82. The highest BCUT2D eigenvalue weighted by Gasteiger charge is 2.17. The van der Waals surface area contributed by atoms with E-state index in [0.717, 1.165) is 57.1 Å². The Bertz CT molecular complexity index is 975. The summed E-state index contributed by atoms with van der Waals surface area (Å²) in [5.74, 6) is -0.422. The van der Waals surface area contributed by atoms with E-state index in [9.17, 15) is 9.59 Å². The Kier molecular flexibility index (Phi) is 34.8. The van der Waals surface area contributed by atoms with Gasteiger partial charge in [-0.1, -0.05) is 172 Å². The minimum absolute atomic E-state index is 0.0842. The Morgan fingerprint density at radius 1 is 0.519 bits per heavy atom. The Balaban J connectivity index is 2.14. The third kappa shape index (κ3) is 33.3. The van der Waals surface area contributed by atoms with Crippen molar-refractivity contribution in [1.82, 2.24) is 0 Å². The van der Waals surface area contributed by atoms with Gasteiger partial charge in [0.2, 0.25) is 0 Å². The molecule has 0 fully saturated rings. The van der Waals surface area contributed by atoms with Gasteiger partial charge in [-0.25, -0.2) is 0 Å². The van der Waals surface area contributed by atoms with E-state index in [1.54, 1.807) is 0 Å². The van der Waals surface area contributed by atoms with Crippen molar-refractivity contribution in [2.45, 2.75) is 213 Å². The summed E-state index contributed by atoms with van der Waals surface area (Å²) in [6.07, 6.45) is 44.6. The summed E-state index contributed by atoms with van der Waals surface area (Å²) >= 11 is 0. The molecule has 0 aliphatic carbocycles. The van der Waals surface area contributed by atoms with Crippen LogP contribution in [0.3, 0.4) is 0 Å². The minimum Gasteiger partial charge on any atom is -0.462 e. The molecule has 0 spiro atoms. The van der Waals surface area contributed by atoms with Crippen LogP contribution in [-0.2, 0) is 19.1 Å². The normalized spacial score (nSPS) is 12.1. The van der Waals surface area contributed by atoms with E-state index in [0.29, 0.717) is 19.4 Å². The van der Waals surface area contributed by atoms with E-state index in [4.69, 9.17) is 9.47 Å². The molecular formula is C47H81NO4. The number of carbonyl (C=O) groups is 2. The van der Waals surface area contributed by atoms with E-state index >= 15 is 0 Å². The van der Waals surface area contributed by atoms with Crippen LogP contribution < -0.4 is 5.32 Å². The highest BCUT2D eigenvalue weighted by atomic mass is 16.6. The van der Waals surface area contributed by atoms with Gasteiger partial charge in [0.05, 0.1) is 6.54 Å². The molecule has 0 saturated carbocycles. The fourth-order valence-corrected chi connectivity index (χ4v) is 6.46. The van der Waals surface area contributed by atoms with Crippen LogP contribution >= 0.6 is 0 Å². The Labute approximate surface area is 321 Å². The summed E-state index contributed by atoms with van der Waals surface area (Å²) < 4.78 is 11.4. The van der Waals surface area contributed by atoms with Gasteiger partial charge in [0.25, 0.3) is 0 Å². The zero-order chi connectivity index (χ0) is 37.4. The average molecular weight is 724 g/mol. The zero-order valence-corrected chi connectivity index (χ0v) is 34.0. The molecule has 298 valence electrons. The molecule has 0 saturated heterocycles. The molecule has 1 N–H and O–H groups in total. The number of rotatable bonds is 38. The van der Waals surface area contributed by atoms with Crippen LogP contribution in [-0.4, -0.2) is 31.2 Å². The van der Waals surface area contributed by atoms with Crippen LogP contribution in [0.4, 0.5) is 5.69 Å². The van der Waals surface area contributed by atoms with Crippen LogP contribution in [0.1, 0.15) is 206 Å². The number of hydrogen-bond donors (Lipinski definition) is 1. The van der Waals surface area contributed by atoms with Gasteiger partial charge in [-0.15, -0.1) is 0 Å². The molecule has 0 aliphatic rings. The van der Waals surface area contributed by atoms with Crippen LogP contribution in [0.2, 0.25) is 0 Å². The molecule has 52 heavy (non-hydrogen) atoms. The van der Waals surface area contributed by atoms with Crippen molar-refractivity contribution >= 4 is 17.6 Å². The summed E-state index contributed by atoms with van der Waals surface area (Å²) in [5, 5.41) is 3.32. The molecule has 0 bridgehead atoms. The van der Waals surface area contributed by atoms with Gasteiger partial charge in [-0.05, 0) is 76.3 Å². The fourth-order valence-electron chi connectivity index (χ4n) is 6.46. The summed E-state index contributed by atoms with van der Waals surface area (Å²) in [7, 11) is 0. The van der Waals surface area contributed by atoms with E-state index in [1.165, 1.54) is 128 Å². The van der Waals surface area contributed by atoms with Crippen LogP contribution in [0, 0.1) is 0 Å². The maximum Gasteiger partial charge on any atom is 0.306 e. The second kappa shape index (κ2) is 38.2. The first-order chi connectivity index (χ1) is 25.7. The van der Waals surface area contributed by atoms with Crippen molar-refractivity contribution in [3.8, 4) is 0 Å². The van der Waals surface area contributed by atoms with Crippen LogP contribution in [0.5, 0.6) is 0 Å². The lowest BCUT2D eigenvalue weighted by molar-refractivity contribution is -0.158. The third-order valence-electron chi connectivity index (χ3n) is 9.82. The first-order valence-electron chi connectivity index (χ1n) is 22.1. The highest BCUT2D eigenvalue weighted by Crippen LogP contribution is 2.14. The molecule has 1 unspecified atom stereocenters. The number of nitrogens with one attached hydrogen (secondary N) is 1. The summed E-state index contributed by atoms with van der Waals surface area (Å²) in [5.41, 5.74) is 0.949. The van der Waals surface area contributed by atoms with E-state index in [2.05, 4.69) is 43.5 Å². The molecule has 0 heterocycles. The van der Waals surface area contributed by atoms with Crippen molar-refractivity contribution in [2.75, 3.05) is 18.5 Å². The predicted molar refractivity (Wildman–Crippen MR) is 224 cm³/mol.